The summed E-state index contributed by atoms with van der Waals surface area (Å²) in [6.07, 6.45) is 26.9. The number of hydrogen-bond acceptors (Lipinski definition) is 1. The number of nitrogens with zero attached hydrogens (tertiary/aromatic N) is 2. The summed E-state index contributed by atoms with van der Waals surface area (Å²) in [7, 11) is 0. The maximum atomic E-state index is 5.09. The van der Waals surface area contributed by atoms with Crippen LogP contribution in [0.15, 0.2) is 73.1 Å². The monoisotopic (exact) mass is 542 g/mol. The van der Waals surface area contributed by atoms with Gasteiger partial charge in [0.05, 0.1) is 0 Å². The van der Waals surface area contributed by atoms with Gasteiger partial charge in [-0.1, -0.05) is 171 Å². The zero-order valence-electron chi connectivity index (χ0n) is 26.1. The summed E-state index contributed by atoms with van der Waals surface area (Å²) in [4.78, 5) is 5.09. The molecule has 220 valence electrons. The Kier molecular flexibility index (Phi) is 15.2. The Labute approximate surface area is 247 Å². The summed E-state index contributed by atoms with van der Waals surface area (Å²) in [5, 5.41) is 0. The van der Waals surface area contributed by atoms with Crippen molar-refractivity contribution in [3.05, 3.63) is 90.0 Å². The van der Waals surface area contributed by atoms with Crippen molar-refractivity contribution in [2.45, 2.75) is 148 Å². The Morgan fingerprint density at radius 3 is 1.77 bits per heavy atom. The van der Waals surface area contributed by atoms with E-state index in [0.717, 1.165) is 13.0 Å². The molecule has 0 N–H and O–H groups in total. The summed E-state index contributed by atoms with van der Waals surface area (Å²) < 4.78 is 2.51. The van der Waals surface area contributed by atoms with Crippen LogP contribution in [0.4, 0.5) is 0 Å². The molecule has 0 aliphatic carbocycles. The molecule has 2 unspecified atom stereocenters. The van der Waals surface area contributed by atoms with Crippen LogP contribution in [-0.4, -0.2) is 9.55 Å². The maximum absolute atomic E-state index is 5.09. The van der Waals surface area contributed by atoms with Crippen molar-refractivity contribution in [3.8, 4) is 0 Å². The van der Waals surface area contributed by atoms with Crippen LogP contribution in [0.3, 0.4) is 0 Å². The van der Waals surface area contributed by atoms with Gasteiger partial charge in [0.25, 0.3) is 0 Å². The predicted molar refractivity (Wildman–Crippen MR) is 174 cm³/mol. The van der Waals surface area contributed by atoms with Crippen LogP contribution in [0.5, 0.6) is 0 Å². The van der Waals surface area contributed by atoms with Crippen molar-refractivity contribution in [2.75, 3.05) is 0 Å². The maximum Gasteiger partial charge on any atom is 0.112 e. The number of aromatic nitrogens is 2. The van der Waals surface area contributed by atoms with E-state index in [-0.39, 0.29) is 5.41 Å². The fourth-order valence-corrected chi connectivity index (χ4v) is 6.54. The van der Waals surface area contributed by atoms with Crippen LogP contribution >= 0.6 is 0 Å². The largest absolute Gasteiger partial charge is 0.335 e. The fraction of sp³-hybridized carbons (Fsp3) is 0.605. The molecule has 0 aliphatic heterocycles. The van der Waals surface area contributed by atoms with Gasteiger partial charge >= 0.3 is 0 Å². The van der Waals surface area contributed by atoms with Crippen LogP contribution in [0, 0.1) is 0 Å². The topological polar surface area (TPSA) is 17.8 Å². The number of hydrogen-bond donors (Lipinski definition) is 0. The minimum atomic E-state index is -0.0196. The second-order valence-electron chi connectivity index (χ2n) is 12.4. The molecule has 0 amide bonds. The number of unbranched alkanes of at least 4 members (excludes halogenated alkanes) is 13. The van der Waals surface area contributed by atoms with Gasteiger partial charge in [0.15, 0.2) is 0 Å². The van der Waals surface area contributed by atoms with Gasteiger partial charge in [0, 0.05) is 30.3 Å². The molecule has 0 saturated carbocycles. The summed E-state index contributed by atoms with van der Waals surface area (Å²) in [6, 6.07) is 22.4. The minimum absolute atomic E-state index is 0.0196. The summed E-state index contributed by atoms with van der Waals surface area (Å²) >= 11 is 0. The first-order chi connectivity index (χ1) is 19.7. The van der Waals surface area contributed by atoms with Crippen molar-refractivity contribution in [1.29, 1.82) is 0 Å². The van der Waals surface area contributed by atoms with Crippen LogP contribution in [0.2, 0.25) is 0 Å². The quantitative estimate of drug-likeness (QED) is 0.115. The lowest BCUT2D eigenvalue weighted by molar-refractivity contribution is 0.321. The van der Waals surface area contributed by atoms with Gasteiger partial charge in [-0.15, -0.1) is 0 Å². The molecule has 0 radical (unpaired) electrons. The fourth-order valence-electron chi connectivity index (χ4n) is 6.54. The molecule has 1 heterocycles. The van der Waals surface area contributed by atoms with E-state index in [4.69, 9.17) is 4.98 Å². The Morgan fingerprint density at radius 2 is 1.18 bits per heavy atom. The molecule has 0 aliphatic rings. The number of aryl methyl sites for hydroxylation is 1. The van der Waals surface area contributed by atoms with E-state index < -0.39 is 0 Å². The van der Waals surface area contributed by atoms with Crippen molar-refractivity contribution in [2.24, 2.45) is 0 Å². The Hall–Kier alpha value is -2.35. The van der Waals surface area contributed by atoms with Gasteiger partial charge < -0.3 is 4.57 Å². The van der Waals surface area contributed by atoms with E-state index in [2.05, 4.69) is 98.4 Å². The van der Waals surface area contributed by atoms with Crippen molar-refractivity contribution in [3.63, 3.8) is 0 Å². The second kappa shape index (κ2) is 18.9. The van der Waals surface area contributed by atoms with Gasteiger partial charge in [0.2, 0.25) is 0 Å². The predicted octanol–water partition coefficient (Wildman–Crippen LogP) is 11.4. The lowest BCUT2D eigenvalue weighted by atomic mass is 9.66. The lowest BCUT2D eigenvalue weighted by Gasteiger charge is -2.39. The van der Waals surface area contributed by atoms with E-state index in [1.54, 1.807) is 0 Å². The van der Waals surface area contributed by atoms with Crippen LogP contribution in [0.25, 0.3) is 0 Å². The average Bonchev–Trinajstić information content (AvgIpc) is 3.44. The highest BCUT2D eigenvalue weighted by molar-refractivity contribution is 5.33. The van der Waals surface area contributed by atoms with Gasteiger partial charge in [-0.25, -0.2) is 4.98 Å². The second-order valence-corrected chi connectivity index (χ2v) is 12.4. The summed E-state index contributed by atoms with van der Waals surface area (Å²) in [5.41, 5.74) is 2.83. The van der Waals surface area contributed by atoms with Gasteiger partial charge in [0.1, 0.15) is 5.82 Å². The molecule has 0 spiro atoms. The Bertz CT molecular complexity index is 1010. The SMILES string of the molecule is CCCCCCCCCCCCn1ccnc1C(CCCCCCC)C(C)(Cc1ccccc1)c1ccccc1. The average molecular weight is 543 g/mol. The van der Waals surface area contributed by atoms with Crippen LogP contribution < -0.4 is 0 Å². The molecule has 0 saturated heterocycles. The van der Waals surface area contributed by atoms with E-state index in [1.165, 1.54) is 120 Å². The molecular weight excluding hydrogens is 484 g/mol. The standard InChI is InChI=1S/C38H58N2/c1-4-6-8-10-11-12-13-14-16-24-31-40-32-30-39-37(40)36(29-23-15-9-7-5-2)38(3,35-27-21-18-22-28-35)33-34-25-19-17-20-26-34/h17-22,25-28,30,32,36H,4-16,23-24,29,31,33H2,1-3H3. The van der Waals surface area contributed by atoms with Gasteiger partial charge in [-0.3, -0.25) is 0 Å². The van der Waals surface area contributed by atoms with Crippen LogP contribution in [0.1, 0.15) is 146 Å². The number of benzene rings is 2. The first kappa shape index (κ1) is 32.2. The first-order valence-electron chi connectivity index (χ1n) is 16.8. The van der Waals surface area contributed by atoms with E-state index in [9.17, 15) is 0 Å². The third-order valence-electron chi connectivity index (χ3n) is 9.02. The number of imidazole rings is 1. The van der Waals surface area contributed by atoms with Gasteiger partial charge in [-0.05, 0) is 30.4 Å². The lowest BCUT2D eigenvalue weighted by Crippen LogP contribution is -2.35. The first-order valence-corrected chi connectivity index (χ1v) is 16.8. The molecule has 0 fully saturated rings. The molecule has 3 rings (SSSR count). The molecule has 2 nitrogen and oxygen atoms in total. The number of rotatable bonds is 22. The van der Waals surface area contributed by atoms with E-state index >= 15 is 0 Å². The van der Waals surface area contributed by atoms with E-state index in [0.29, 0.717) is 5.92 Å². The molecule has 2 atom stereocenters. The molecule has 2 aromatic carbocycles. The summed E-state index contributed by atoms with van der Waals surface area (Å²) in [6.45, 7) is 8.20. The van der Waals surface area contributed by atoms with Crippen molar-refractivity contribution < 1.29 is 0 Å². The third-order valence-corrected chi connectivity index (χ3v) is 9.02. The third kappa shape index (κ3) is 10.6. The smallest absolute Gasteiger partial charge is 0.112 e. The molecular formula is C38H58N2. The molecule has 3 aromatic rings. The zero-order valence-corrected chi connectivity index (χ0v) is 26.1. The van der Waals surface area contributed by atoms with E-state index in [1.807, 2.05) is 0 Å². The Morgan fingerprint density at radius 1 is 0.650 bits per heavy atom. The highest BCUT2D eigenvalue weighted by Crippen LogP contribution is 2.44. The molecule has 0 bridgehead atoms. The highest BCUT2D eigenvalue weighted by Gasteiger charge is 2.39. The molecule has 1 aromatic heterocycles. The minimum Gasteiger partial charge on any atom is -0.335 e. The Balaban J connectivity index is 1.72. The van der Waals surface area contributed by atoms with Crippen LogP contribution in [-0.2, 0) is 18.4 Å². The zero-order chi connectivity index (χ0) is 28.3. The summed E-state index contributed by atoms with van der Waals surface area (Å²) in [5.74, 6) is 1.68. The molecule has 2 heteroatoms. The van der Waals surface area contributed by atoms with Crippen molar-refractivity contribution in [1.82, 2.24) is 9.55 Å². The molecule has 40 heavy (non-hydrogen) atoms. The normalized spacial score (nSPS) is 13.8. The van der Waals surface area contributed by atoms with Gasteiger partial charge in [-0.2, -0.15) is 0 Å². The highest BCUT2D eigenvalue weighted by atomic mass is 15.1. The van der Waals surface area contributed by atoms with Crippen molar-refractivity contribution >= 4 is 0 Å².